The summed E-state index contributed by atoms with van der Waals surface area (Å²) in [5.74, 6) is -0.641. The average molecular weight is 546 g/mol. The molecule has 3 aromatic carbocycles. The van der Waals surface area contributed by atoms with Crippen LogP contribution in [0.4, 0.5) is 10.1 Å². The van der Waals surface area contributed by atoms with Crippen LogP contribution < -0.4 is 19.7 Å². The van der Waals surface area contributed by atoms with Gasteiger partial charge in [-0.1, -0.05) is 48.4 Å². The van der Waals surface area contributed by atoms with Gasteiger partial charge in [0.05, 0.1) is 19.7 Å². The maximum Gasteiger partial charge on any atom is 0.249 e. The molecule has 5 rings (SSSR count). The normalized spacial score (nSPS) is 14.2. The molecule has 10 heteroatoms. The Labute approximate surface area is 231 Å². The largest absolute Gasteiger partial charge is 0.493 e. The number of halogens is 1. The lowest BCUT2D eigenvalue weighted by atomic mass is 10.00. The highest BCUT2D eigenvalue weighted by Gasteiger charge is 2.37. The first-order valence-corrected chi connectivity index (χ1v) is 13.3. The highest BCUT2D eigenvalue weighted by Crippen LogP contribution is 2.39. The lowest BCUT2D eigenvalue weighted by Gasteiger charge is -2.33. The van der Waals surface area contributed by atoms with Crippen LogP contribution in [0.2, 0.25) is 0 Å². The van der Waals surface area contributed by atoms with E-state index in [1.165, 1.54) is 29.9 Å². The summed E-state index contributed by atoms with van der Waals surface area (Å²) in [5.41, 5.74) is 2.36. The molecule has 1 aromatic heterocycles. The lowest BCUT2D eigenvalue weighted by Crippen LogP contribution is -2.47. The predicted molar refractivity (Wildman–Crippen MR) is 149 cm³/mol. The molecular formula is C30H32FN5O4. The molecule has 1 atom stereocenters. The Morgan fingerprint density at radius 1 is 1.07 bits per heavy atom. The number of carbonyl (C=O) groups excluding carboxylic acids is 2. The van der Waals surface area contributed by atoms with Crippen LogP contribution in [0.5, 0.6) is 11.5 Å². The van der Waals surface area contributed by atoms with E-state index in [0.717, 1.165) is 25.7 Å². The van der Waals surface area contributed by atoms with Gasteiger partial charge in [0.25, 0.3) is 0 Å². The summed E-state index contributed by atoms with van der Waals surface area (Å²) in [5, 5.41) is 11.4. The number of benzene rings is 3. The maximum absolute atomic E-state index is 14.9. The number of hydrogen-bond donors (Lipinski definition) is 1. The van der Waals surface area contributed by atoms with Gasteiger partial charge in [0, 0.05) is 17.3 Å². The number of aromatic nitrogens is 3. The van der Waals surface area contributed by atoms with Gasteiger partial charge in [-0.25, -0.2) is 9.07 Å². The summed E-state index contributed by atoms with van der Waals surface area (Å²) in [7, 11) is 2.98. The van der Waals surface area contributed by atoms with E-state index in [9.17, 15) is 14.0 Å². The molecule has 4 aromatic rings. The van der Waals surface area contributed by atoms with Crippen molar-refractivity contribution in [1.29, 1.82) is 0 Å². The molecule has 1 fully saturated rings. The third-order valence-corrected chi connectivity index (χ3v) is 7.34. The van der Waals surface area contributed by atoms with Crippen LogP contribution in [0.15, 0.2) is 60.7 Å². The minimum atomic E-state index is -1.19. The second-order valence-corrected chi connectivity index (χ2v) is 9.91. The van der Waals surface area contributed by atoms with E-state index in [1.54, 1.807) is 43.3 Å². The van der Waals surface area contributed by atoms with Crippen molar-refractivity contribution in [3.05, 3.63) is 77.6 Å². The molecule has 1 unspecified atom stereocenters. The molecule has 0 spiro atoms. The van der Waals surface area contributed by atoms with Gasteiger partial charge >= 0.3 is 0 Å². The van der Waals surface area contributed by atoms with Crippen molar-refractivity contribution in [2.24, 2.45) is 0 Å². The van der Waals surface area contributed by atoms with Crippen LogP contribution in [0.25, 0.3) is 11.0 Å². The smallest absolute Gasteiger partial charge is 0.249 e. The Bertz CT molecular complexity index is 1530. The number of carbonyl (C=O) groups is 2. The average Bonchev–Trinajstić information content (AvgIpc) is 3.62. The zero-order valence-corrected chi connectivity index (χ0v) is 22.8. The SMILES string of the molecule is COc1cccc(C(C(=O)NC2CCCC2)N(C(=O)Cn2nnc3ccccc32)c2ccc(C)c(F)c2)c1OC. The Hall–Kier alpha value is -4.47. The van der Waals surface area contributed by atoms with E-state index in [0.29, 0.717) is 33.7 Å². The van der Waals surface area contributed by atoms with Gasteiger partial charge < -0.3 is 14.8 Å². The number of anilines is 1. The molecule has 0 aliphatic heterocycles. The molecule has 1 aliphatic carbocycles. The molecular weight excluding hydrogens is 513 g/mol. The molecule has 1 saturated carbocycles. The van der Waals surface area contributed by atoms with Gasteiger partial charge in [-0.05, 0) is 55.7 Å². The summed E-state index contributed by atoms with van der Waals surface area (Å²) in [6.45, 7) is 1.41. The molecule has 2 amide bonds. The zero-order chi connectivity index (χ0) is 28.2. The van der Waals surface area contributed by atoms with E-state index >= 15 is 0 Å². The topological polar surface area (TPSA) is 98.6 Å². The maximum atomic E-state index is 14.9. The van der Waals surface area contributed by atoms with Crippen molar-refractivity contribution >= 4 is 28.5 Å². The fourth-order valence-electron chi connectivity index (χ4n) is 5.28. The summed E-state index contributed by atoms with van der Waals surface area (Å²) >= 11 is 0. The van der Waals surface area contributed by atoms with Crippen LogP contribution in [0, 0.1) is 12.7 Å². The van der Waals surface area contributed by atoms with Gasteiger partial charge in [-0.15, -0.1) is 5.10 Å². The van der Waals surface area contributed by atoms with E-state index in [4.69, 9.17) is 9.47 Å². The van der Waals surface area contributed by atoms with Gasteiger partial charge in [0.2, 0.25) is 11.8 Å². The molecule has 0 saturated heterocycles. The first-order chi connectivity index (χ1) is 19.4. The highest BCUT2D eigenvalue weighted by molar-refractivity contribution is 6.02. The van der Waals surface area contributed by atoms with Crippen LogP contribution in [0.1, 0.15) is 42.9 Å². The molecule has 9 nitrogen and oxygen atoms in total. The van der Waals surface area contributed by atoms with Crippen molar-refractivity contribution in [1.82, 2.24) is 20.3 Å². The standard InChI is InChI=1S/C30H32FN5O4/c1-19-15-16-21(17-23(19)31)36(27(37)18-35-25-13-7-6-12-24(25)33-34-35)28(30(38)32-20-9-4-5-10-20)22-11-8-14-26(39-2)29(22)40-3/h6-8,11-17,20,28H,4-5,9-10,18H2,1-3H3,(H,32,38). The number of amides is 2. The number of ether oxygens (including phenoxy) is 2. The second kappa shape index (κ2) is 11.7. The third kappa shape index (κ3) is 5.34. The van der Waals surface area contributed by atoms with E-state index in [-0.39, 0.29) is 18.3 Å². The first-order valence-electron chi connectivity index (χ1n) is 13.3. The van der Waals surface area contributed by atoms with Crippen LogP contribution in [-0.4, -0.2) is 47.1 Å². The van der Waals surface area contributed by atoms with Crippen molar-refractivity contribution in [3.63, 3.8) is 0 Å². The summed E-state index contributed by atoms with van der Waals surface area (Å²) in [6.07, 6.45) is 3.74. The van der Waals surface area contributed by atoms with Crippen molar-refractivity contribution < 1.29 is 23.5 Å². The molecule has 0 bridgehead atoms. The number of nitrogens with zero attached hydrogens (tertiary/aromatic N) is 4. The first kappa shape index (κ1) is 27.1. The number of nitrogens with one attached hydrogen (secondary N) is 1. The van der Waals surface area contributed by atoms with Crippen molar-refractivity contribution in [2.75, 3.05) is 19.1 Å². The molecule has 40 heavy (non-hydrogen) atoms. The Kier molecular flexibility index (Phi) is 7.95. The predicted octanol–water partition coefficient (Wildman–Crippen LogP) is 4.73. The van der Waals surface area contributed by atoms with Gasteiger partial charge in [-0.3, -0.25) is 14.5 Å². The Morgan fingerprint density at radius 2 is 1.85 bits per heavy atom. The number of aryl methyl sites for hydroxylation is 1. The monoisotopic (exact) mass is 545 g/mol. The van der Waals surface area contributed by atoms with Crippen LogP contribution in [-0.2, 0) is 16.1 Å². The fraction of sp³-hybridized carbons (Fsp3) is 0.333. The number of methoxy groups -OCH3 is 2. The minimum absolute atomic E-state index is 0.0161. The van der Waals surface area contributed by atoms with Crippen molar-refractivity contribution in [3.8, 4) is 11.5 Å². The minimum Gasteiger partial charge on any atom is -0.493 e. The molecule has 1 heterocycles. The van der Waals surface area contributed by atoms with Crippen LogP contribution in [0.3, 0.4) is 0 Å². The summed E-state index contributed by atoms with van der Waals surface area (Å²) < 4.78 is 27.6. The highest BCUT2D eigenvalue weighted by atomic mass is 19.1. The third-order valence-electron chi connectivity index (χ3n) is 7.34. The lowest BCUT2D eigenvalue weighted by molar-refractivity contribution is -0.127. The number of hydrogen-bond acceptors (Lipinski definition) is 6. The quantitative estimate of drug-likeness (QED) is 0.327. The Morgan fingerprint density at radius 3 is 2.58 bits per heavy atom. The van der Waals surface area contributed by atoms with E-state index < -0.39 is 23.7 Å². The second-order valence-electron chi connectivity index (χ2n) is 9.91. The van der Waals surface area contributed by atoms with Gasteiger partial charge in [0.1, 0.15) is 23.9 Å². The van der Waals surface area contributed by atoms with Crippen LogP contribution >= 0.6 is 0 Å². The summed E-state index contributed by atoms with van der Waals surface area (Å²) in [6, 6.07) is 15.7. The van der Waals surface area contributed by atoms with Gasteiger partial charge in [-0.2, -0.15) is 0 Å². The fourth-order valence-corrected chi connectivity index (χ4v) is 5.28. The van der Waals surface area contributed by atoms with Crippen molar-refractivity contribution in [2.45, 2.75) is 51.2 Å². The molecule has 1 N–H and O–H groups in total. The van der Waals surface area contributed by atoms with E-state index in [1.807, 2.05) is 18.2 Å². The van der Waals surface area contributed by atoms with Gasteiger partial charge in [0.15, 0.2) is 11.5 Å². The molecule has 1 aliphatic rings. The molecule has 208 valence electrons. The molecule has 0 radical (unpaired) electrons. The summed E-state index contributed by atoms with van der Waals surface area (Å²) in [4.78, 5) is 29.7. The number of para-hydroxylation sites is 2. The number of rotatable bonds is 9. The Balaban J connectivity index is 1.65. The van der Waals surface area contributed by atoms with E-state index in [2.05, 4.69) is 15.6 Å². The zero-order valence-electron chi connectivity index (χ0n) is 22.8. The number of fused-ring (bicyclic) bond motifs is 1.